The number of aromatic amines is 2. The molecule has 1 saturated heterocycles. The monoisotopic (exact) mass is 364 g/mol. The van der Waals surface area contributed by atoms with Crippen molar-refractivity contribution in [2.75, 3.05) is 31.1 Å². The molecule has 3 rings (SSSR count). The zero-order valence-corrected chi connectivity index (χ0v) is 14.9. The molecule has 1 fully saturated rings. The van der Waals surface area contributed by atoms with Crippen LogP contribution < -0.4 is 16.1 Å². The minimum atomic E-state index is -3.94. The zero-order valence-electron chi connectivity index (χ0n) is 14.1. The maximum atomic E-state index is 12.6. The Morgan fingerprint density at radius 3 is 2.36 bits per heavy atom. The Kier molecular flexibility index (Phi) is 4.53. The summed E-state index contributed by atoms with van der Waals surface area (Å²) in [5, 5.41) is 0. The fourth-order valence-electron chi connectivity index (χ4n) is 2.98. The number of hydrogen-bond donors (Lipinski definition) is 2. The van der Waals surface area contributed by atoms with Crippen molar-refractivity contribution in [1.29, 1.82) is 0 Å². The molecule has 2 N–H and O–H groups in total. The van der Waals surface area contributed by atoms with Crippen molar-refractivity contribution < 1.29 is 8.42 Å². The Morgan fingerprint density at radius 2 is 1.72 bits per heavy atom. The first-order chi connectivity index (χ1) is 11.8. The van der Waals surface area contributed by atoms with Gasteiger partial charge in [0.2, 0.25) is 10.0 Å². The first-order valence-corrected chi connectivity index (χ1v) is 9.38. The fourth-order valence-corrected chi connectivity index (χ4v) is 4.39. The van der Waals surface area contributed by atoms with Crippen LogP contribution in [0.1, 0.15) is 11.1 Å². The summed E-state index contributed by atoms with van der Waals surface area (Å²) >= 11 is 0. The number of rotatable bonds is 3. The van der Waals surface area contributed by atoms with Gasteiger partial charge >= 0.3 is 5.69 Å². The first-order valence-electron chi connectivity index (χ1n) is 7.94. The van der Waals surface area contributed by atoms with E-state index in [1.807, 2.05) is 37.0 Å². The van der Waals surface area contributed by atoms with E-state index in [0.29, 0.717) is 13.1 Å². The molecule has 8 nitrogen and oxygen atoms in total. The molecule has 134 valence electrons. The summed E-state index contributed by atoms with van der Waals surface area (Å²) in [6.45, 7) is 5.70. The molecule has 1 aliphatic heterocycles. The quantitative estimate of drug-likeness (QED) is 0.809. The van der Waals surface area contributed by atoms with Gasteiger partial charge in [-0.05, 0) is 31.0 Å². The standard InChI is InChI=1S/C16H20N4O4S/c1-11-4-3-5-13(12(11)2)19-6-8-20(9-7-19)25(23,24)14-10-17-16(22)18-15(14)21/h3-5,10H,6-9H2,1-2H3,(H2,17,18,21,22). The summed E-state index contributed by atoms with van der Waals surface area (Å²) in [7, 11) is -3.94. The van der Waals surface area contributed by atoms with Crippen molar-refractivity contribution in [3.05, 3.63) is 56.4 Å². The average Bonchev–Trinajstić information content (AvgIpc) is 2.57. The molecule has 0 aliphatic carbocycles. The number of sulfonamides is 1. The van der Waals surface area contributed by atoms with E-state index in [9.17, 15) is 18.0 Å². The average molecular weight is 364 g/mol. The van der Waals surface area contributed by atoms with Crippen LogP contribution in [0.25, 0.3) is 0 Å². The molecular formula is C16H20N4O4S. The van der Waals surface area contributed by atoms with Crippen LogP contribution in [0.4, 0.5) is 5.69 Å². The molecule has 2 heterocycles. The van der Waals surface area contributed by atoms with Crippen LogP contribution >= 0.6 is 0 Å². The van der Waals surface area contributed by atoms with Gasteiger partial charge in [0.05, 0.1) is 0 Å². The second-order valence-corrected chi connectivity index (χ2v) is 7.95. The van der Waals surface area contributed by atoms with Gasteiger partial charge in [0.25, 0.3) is 5.56 Å². The fraction of sp³-hybridized carbons (Fsp3) is 0.375. The van der Waals surface area contributed by atoms with Gasteiger partial charge in [-0.25, -0.2) is 13.2 Å². The maximum absolute atomic E-state index is 12.6. The number of piperazine rings is 1. The largest absolute Gasteiger partial charge is 0.369 e. The number of nitrogens with one attached hydrogen (secondary N) is 2. The van der Waals surface area contributed by atoms with Crippen molar-refractivity contribution in [3.63, 3.8) is 0 Å². The molecule has 0 saturated carbocycles. The molecule has 2 aromatic rings. The third kappa shape index (κ3) is 3.24. The Morgan fingerprint density at radius 1 is 1.04 bits per heavy atom. The molecule has 0 radical (unpaired) electrons. The summed E-state index contributed by atoms with van der Waals surface area (Å²) < 4.78 is 26.6. The highest BCUT2D eigenvalue weighted by molar-refractivity contribution is 7.89. The molecule has 0 amide bonds. The lowest BCUT2D eigenvalue weighted by atomic mass is 10.1. The predicted molar refractivity (Wildman–Crippen MR) is 94.6 cm³/mol. The van der Waals surface area contributed by atoms with Gasteiger partial charge in [-0.3, -0.25) is 9.78 Å². The highest BCUT2D eigenvalue weighted by Gasteiger charge is 2.31. The van der Waals surface area contributed by atoms with Crippen molar-refractivity contribution in [2.45, 2.75) is 18.7 Å². The summed E-state index contributed by atoms with van der Waals surface area (Å²) in [4.78, 5) is 28.7. The van der Waals surface area contributed by atoms with Gasteiger partial charge in [-0.15, -0.1) is 0 Å². The third-order valence-electron chi connectivity index (χ3n) is 4.56. The molecule has 1 aromatic heterocycles. The Balaban J connectivity index is 1.81. The minimum Gasteiger partial charge on any atom is -0.369 e. The Labute approximate surface area is 145 Å². The van der Waals surface area contributed by atoms with Crippen LogP contribution in [0.2, 0.25) is 0 Å². The zero-order chi connectivity index (χ0) is 18.2. The molecule has 1 aliphatic rings. The molecule has 1 aromatic carbocycles. The van der Waals surface area contributed by atoms with Crippen LogP contribution in [0.5, 0.6) is 0 Å². The van der Waals surface area contributed by atoms with Crippen LogP contribution in [-0.4, -0.2) is 48.9 Å². The smallest absolute Gasteiger partial charge is 0.325 e. The Bertz CT molecular complexity index is 1000. The SMILES string of the molecule is Cc1cccc(N2CCN(S(=O)(=O)c3c[nH]c(=O)[nH]c3=O)CC2)c1C. The van der Waals surface area contributed by atoms with Crippen LogP contribution in [0.3, 0.4) is 0 Å². The van der Waals surface area contributed by atoms with E-state index in [0.717, 1.165) is 11.9 Å². The highest BCUT2D eigenvalue weighted by Crippen LogP contribution is 2.25. The second-order valence-electron chi connectivity index (χ2n) is 6.05. The topological polar surface area (TPSA) is 106 Å². The lowest BCUT2D eigenvalue weighted by Crippen LogP contribution is -2.49. The Hall–Kier alpha value is -2.39. The molecular weight excluding hydrogens is 344 g/mol. The molecule has 0 spiro atoms. The number of aromatic nitrogens is 2. The summed E-state index contributed by atoms with van der Waals surface area (Å²) in [5.74, 6) is 0. The molecule has 0 bridgehead atoms. The number of hydrogen-bond acceptors (Lipinski definition) is 5. The van der Waals surface area contributed by atoms with Gasteiger partial charge in [0.15, 0.2) is 4.90 Å². The van der Waals surface area contributed by atoms with Crippen molar-refractivity contribution in [3.8, 4) is 0 Å². The molecule has 25 heavy (non-hydrogen) atoms. The molecule has 9 heteroatoms. The minimum absolute atomic E-state index is 0.272. The van der Waals surface area contributed by atoms with Crippen molar-refractivity contribution >= 4 is 15.7 Å². The van der Waals surface area contributed by atoms with Gasteiger partial charge in [0, 0.05) is 38.1 Å². The van der Waals surface area contributed by atoms with Crippen LogP contribution in [-0.2, 0) is 10.0 Å². The van der Waals surface area contributed by atoms with Gasteiger partial charge in [-0.2, -0.15) is 4.31 Å². The van der Waals surface area contributed by atoms with Crippen LogP contribution in [0.15, 0.2) is 38.9 Å². The van der Waals surface area contributed by atoms with Crippen molar-refractivity contribution in [1.82, 2.24) is 14.3 Å². The van der Waals surface area contributed by atoms with E-state index < -0.39 is 26.2 Å². The normalized spacial score (nSPS) is 16.2. The van der Waals surface area contributed by atoms with Gasteiger partial charge < -0.3 is 9.88 Å². The number of anilines is 1. The van der Waals surface area contributed by atoms with E-state index >= 15 is 0 Å². The number of benzene rings is 1. The summed E-state index contributed by atoms with van der Waals surface area (Å²) in [6.07, 6.45) is 0.952. The second kappa shape index (κ2) is 6.49. The van der Waals surface area contributed by atoms with E-state index in [1.54, 1.807) is 0 Å². The van der Waals surface area contributed by atoms with Crippen LogP contribution in [0, 0.1) is 13.8 Å². The number of H-pyrrole nitrogens is 2. The van der Waals surface area contributed by atoms with Gasteiger partial charge in [0.1, 0.15) is 0 Å². The summed E-state index contributed by atoms with van der Waals surface area (Å²) in [5.41, 5.74) is 1.83. The third-order valence-corrected chi connectivity index (χ3v) is 6.46. The number of aryl methyl sites for hydroxylation is 1. The highest BCUT2D eigenvalue weighted by atomic mass is 32.2. The van der Waals surface area contributed by atoms with Gasteiger partial charge in [-0.1, -0.05) is 12.1 Å². The van der Waals surface area contributed by atoms with E-state index in [-0.39, 0.29) is 13.1 Å². The lowest BCUT2D eigenvalue weighted by molar-refractivity contribution is 0.384. The summed E-state index contributed by atoms with van der Waals surface area (Å²) in [6, 6.07) is 6.06. The lowest BCUT2D eigenvalue weighted by Gasteiger charge is -2.36. The van der Waals surface area contributed by atoms with E-state index in [4.69, 9.17) is 0 Å². The number of nitrogens with zero attached hydrogens (tertiary/aromatic N) is 2. The first kappa shape index (κ1) is 17.4. The van der Waals surface area contributed by atoms with E-state index in [2.05, 4.69) is 9.88 Å². The predicted octanol–water partition coefficient (Wildman–Crippen LogP) is 0.191. The van der Waals surface area contributed by atoms with Crippen molar-refractivity contribution in [2.24, 2.45) is 0 Å². The van der Waals surface area contributed by atoms with E-state index in [1.165, 1.54) is 15.4 Å². The molecule has 0 atom stereocenters. The molecule has 0 unspecified atom stereocenters. The maximum Gasteiger partial charge on any atom is 0.325 e.